The van der Waals surface area contributed by atoms with E-state index in [1.165, 1.54) is 11.3 Å². The number of methoxy groups -OCH3 is 2. The summed E-state index contributed by atoms with van der Waals surface area (Å²) in [4.78, 5) is 11.8. The summed E-state index contributed by atoms with van der Waals surface area (Å²) < 4.78 is 14.8. The monoisotopic (exact) mass is 422 g/mol. The molecule has 3 aromatic heterocycles. The van der Waals surface area contributed by atoms with Gasteiger partial charge in [0, 0.05) is 18.7 Å². The van der Waals surface area contributed by atoms with Crippen LogP contribution in [0.3, 0.4) is 0 Å². The Hall–Kier alpha value is -3.13. The largest absolute Gasteiger partial charge is 0.493 e. The van der Waals surface area contributed by atoms with Gasteiger partial charge in [0.05, 0.1) is 19.6 Å². The first kappa shape index (κ1) is 21.1. The molecule has 3 heterocycles. The average molecular weight is 423 g/mol. The normalized spacial score (nSPS) is 11.7. The summed E-state index contributed by atoms with van der Waals surface area (Å²) in [5.41, 5.74) is 5.34. The second-order valence-electron chi connectivity index (χ2n) is 8.12. The molecular formula is C23H30N6O2. The maximum absolute atomic E-state index is 5.42. The molecule has 0 fully saturated rings. The fourth-order valence-electron chi connectivity index (χ4n) is 4.04. The third kappa shape index (κ3) is 3.95. The highest BCUT2D eigenvalue weighted by Gasteiger charge is 2.18. The molecule has 1 aromatic carbocycles. The van der Waals surface area contributed by atoms with E-state index in [0.717, 1.165) is 47.6 Å². The molecule has 0 unspecified atom stereocenters. The molecule has 0 amide bonds. The van der Waals surface area contributed by atoms with E-state index in [-0.39, 0.29) is 0 Å². The van der Waals surface area contributed by atoms with Gasteiger partial charge in [-0.2, -0.15) is 0 Å². The van der Waals surface area contributed by atoms with Crippen molar-refractivity contribution >= 4 is 16.7 Å². The van der Waals surface area contributed by atoms with Crippen LogP contribution in [0, 0.1) is 13.8 Å². The van der Waals surface area contributed by atoms with E-state index in [1.54, 1.807) is 25.1 Å². The summed E-state index contributed by atoms with van der Waals surface area (Å²) >= 11 is 0. The summed E-state index contributed by atoms with van der Waals surface area (Å²) in [6.45, 7) is 6.28. The van der Waals surface area contributed by atoms with Gasteiger partial charge in [-0.05, 0) is 64.2 Å². The summed E-state index contributed by atoms with van der Waals surface area (Å²) in [5, 5.41) is 5.76. The van der Waals surface area contributed by atoms with E-state index < -0.39 is 0 Å². The van der Waals surface area contributed by atoms with Crippen LogP contribution < -0.4 is 9.47 Å². The zero-order valence-electron chi connectivity index (χ0n) is 19.1. The number of hydrogen-bond acceptors (Lipinski definition) is 6. The number of benzene rings is 1. The van der Waals surface area contributed by atoms with E-state index in [0.29, 0.717) is 17.9 Å². The third-order valence-corrected chi connectivity index (χ3v) is 5.79. The van der Waals surface area contributed by atoms with Crippen LogP contribution in [0.5, 0.6) is 11.5 Å². The van der Waals surface area contributed by atoms with Crippen molar-refractivity contribution in [2.24, 2.45) is 0 Å². The zero-order chi connectivity index (χ0) is 22.1. The molecule has 4 rings (SSSR count). The first-order valence-corrected chi connectivity index (χ1v) is 10.5. The molecule has 0 bridgehead atoms. The molecule has 0 saturated carbocycles. The number of fused-ring (bicyclic) bond motifs is 3. The van der Waals surface area contributed by atoms with Gasteiger partial charge in [0.15, 0.2) is 23.0 Å². The maximum atomic E-state index is 5.42. The van der Waals surface area contributed by atoms with E-state index in [1.807, 2.05) is 18.2 Å². The minimum absolute atomic E-state index is 0.602. The number of nitrogens with zero attached hydrogens (tertiary/aromatic N) is 6. The molecule has 8 nitrogen and oxygen atoms in total. The number of hydrogen-bond donors (Lipinski definition) is 0. The van der Waals surface area contributed by atoms with Gasteiger partial charge in [-0.3, -0.25) is 0 Å². The lowest BCUT2D eigenvalue weighted by atomic mass is 10.1. The molecule has 0 spiro atoms. The molecule has 31 heavy (non-hydrogen) atoms. The van der Waals surface area contributed by atoms with Crippen molar-refractivity contribution in [3.63, 3.8) is 0 Å². The smallest absolute Gasteiger partial charge is 0.168 e. The van der Waals surface area contributed by atoms with E-state index in [9.17, 15) is 0 Å². The number of rotatable bonds is 8. The van der Waals surface area contributed by atoms with Gasteiger partial charge in [-0.15, -0.1) is 5.10 Å². The van der Waals surface area contributed by atoms with Crippen LogP contribution in [-0.2, 0) is 13.0 Å². The topological polar surface area (TPSA) is 69.7 Å². The predicted octanol–water partition coefficient (Wildman–Crippen LogP) is 3.26. The fourth-order valence-corrected chi connectivity index (χ4v) is 4.04. The summed E-state index contributed by atoms with van der Waals surface area (Å²) in [6, 6.07) is 5.89. The van der Waals surface area contributed by atoms with Gasteiger partial charge < -0.3 is 18.9 Å². The molecule has 0 saturated heterocycles. The minimum atomic E-state index is 0.602. The van der Waals surface area contributed by atoms with Crippen LogP contribution in [0.2, 0.25) is 0 Å². The Labute approximate surface area is 182 Å². The molecule has 0 N–H and O–H groups in total. The Morgan fingerprint density at radius 3 is 2.52 bits per heavy atom. The molecule has 164 valence electrons. The second-order valence-corrected chi connectivity index (χ2v) is 8.12. The van der Waals surface area contributed by atoms with E-state index in [2.05, 4.69) is 42.5 Å². The van der Waals surface area contributed by atoms with Crippen molar-refractivity contribution in [2.75, 3.05) is 34.9 Å². The summed E-state index contributed by atoms with van der Waals surface area (Å²) in [7, 11) is 7.48. The highest BCUT2D eigenvalue weighted by Crippen LogP contribution is 2.29. The Morgan fingerprint density at radius 2 is 1.81 bits per heavy atom. The van der Waals surface area contributed by atoms with E-state index >= 15 is 0 Å². The van der Waals surface area contributed by atoms with Crippen LogP contribution in [0.1, 0.15) is 29.1 Å². The van der Waals surface area contributed by atoms with Crippen LogP contribution >= 0.6 is 0 Å². The zero-order valence-corrected chi connectivity index (χ0v) is 19.1. The number of aryl methyl sites for hydroxylation is 2. The molecule has 0 aliphatic rings. The van der Waals surface area contributed by atoms with Gasteiger partial charge in [-0.1, -0.05) is 6.07 Å². The van der Waals surface area contributed by atoms with Crippen LogP contribution in [-0.4, -0.2) is 63.9 Å². The van der Waals surface area contributed by atoms with Gasteiger partial charge in [0.2, 0.25) is 0 Å². The fraction of sp³-hybridized carbons (Fsp3) is 0.435. The van der Waals surface area contributed by atoms with Crippen molar-refractivity contribution in [1.82, 2.24) is 29.0 Å². The van der Waals surface area contributed by atoms with Gasteiger partial charge in [0.25, 0.3) is 0 Å². The standard InChI is InChI=1S/C23H30N6O2/c1-15-16(2)28(11-7-10-27(3)4)22-21(15)23-25-20(26-29(23)14-24-22)13-17-8-9-18(30-5)19(12-17)31-6/h8-9,12,14H,7,10-11,13H2,1-6H3. The Kier molecular flexibility index (Phi) is 5.82. The summed E-state index contributed by atoms with van der Waals surface area (Å²) in [6.07, 6.45) is 3.44. The van der Waals surface area contributed by atoms with Crippen LogP contribution in [0.4, 0.5) is 0 Å². The van der Waals surface area contributed by atoms with Gasteiger partial charge in [0.1, 0.15) is 12.0 Å². The number of aromatic nitrogens is 5. The summed E-state index contributed by atoms with van der Waals surface area (Å²) in [5.74, 6) is 2.16. The SMILES string of the molecule is COc1ccc(Cc2nc3c4c(C)c(C)n(CCCN(C)C)c4ncn3n2)cc1OC. The van der Waals surface area contributed by atoms with Crippen molar-refractivity contribution in [1.29, 1.82) is 0 Å². The predicted molar refractivity (Wildman–Crippen MR) is 121 cm³/mol. The highest BCUT2D eigenvalue weighted by molar-refractivity contribution is 5.93. The van der Waals surface area contributed by atoms with Crippen LogP contribution in [0.15, 0.2) is 24.5 Å². The molecule has 0 aliphatic heterocycles. The molecule has 0 atom stereocenters. The lowest BCUT2D eigenvalue weighted by molar-refractivity contribution is 0.354. The van der Waals surface area contributed by atoms with Crippen LogP contribution in [0.25, 0.3) is 16.7 Å². The van der Waals surface area contributed by atoms with Crippen molar-refractivity contribution in [3.05, 3.63) is 47.2 Å². The van der Waals surface area contributed by atoms with Gasteiger partial charge in [-0.25, -0.2) is 14.5 Å². The second kappa shape index (κ2) is 8.55. The molecule has 0 radical (unpaired) electrons. The molecular weight excluding hydrogens is 392 g/mol. The average Bonchev–Trinajstić information content (AvgIpc) is 3.26. The highest BCUT2D eigenvalue weighted by atomic mass is 16.5. The molecule has 4 aromatic rings. The van der Waals surface area contributed by atoms with Gasteiger partial charge >= 0.3 is 0 Å². The third-order valence-electron chi connectivity index (χ3n) is 5.79. The molecule has 8 heteroatoms. The first-order valence-electron chi connectivity index (χ1n) is 10.5. The van der Waals surface area contributed by atoms with Crippen molar-refractivity contribution in [2.45, 2.75) is 33.2 Å². The Balaban J connectivity index is 1.70. The molecule has 0 aliphatic carbocycles. The Bertz CT molecular complexity index is 1220. The first-order chi connectivity index (χ1) is 14.9. The van der Waals surface area contributed by atoms with Crippen molar-refractivity contribution in [3.8, 4) is 11.5 Å². The minimum Gasteiger partial charge on any atom is -0.493 e. The number of ether oxygens (including phenoxy) is 2. The lowest BCUT2D eigenvalue weighted by Crippen LogP contribution is -2.15. The quantitative estimate of drug-likeness (QED) is 0.434. The maximum Gasteiger partial charge on any atom is 0.168 e. The Morgan fingerprint density at radius 1 is 1.03 bits per heavy atom. The van der Waals surface area contributed by atoms with E-state index in [4.69, 9.17) is 19.4 Å². The lowest BCUT2D eigenvalue weighted by Gasteiger charge is -2.11. The van der Waals surface area contributed by atoms with Crippen molar-refractivity contribution < 1.29 is 9.47 Å².